The normalized spacial score (nSPS) is 11.0. The summed E-state index contributed by atoms with van der Waals surface area (Å²) in [5, 5.41) is 12.4. The monoisotopic (exact) mass is 427 g/mol. The fourth-order valence-corrected chi connectivity index (χ4v) is 1.91. The number of rotatable bonds is 5. The number of ether oxygens (including phenoxy) is 1. The summed E-state index contributed by atoms with van der Waals surface area (Å²) in [5.41, 5.74) is 7.59. The lowest BCUT2D eigenvalue weighted by molar-refractivity contribution is 0.242. The summed E-state index contributed by atoms with van der Waals surface area (Å²) in [4.78, 5) is 4.24. The number of benzene rings is 2. The fourth-order valence-electron chi connectivity index (χ4n) is 1.91. The van der Waals surface area contributed by atoms with Gasteiger partial charge in [0.25, 0.3) is 0 Å². The Labute approximate surface area is 153 Å². The van der Waals surface area contributed by atoms with E-state index in [-0.39, 0.29) is 35.8 Å². The molecule has 6 heteroatoms. The Morgan fingerprint density at radius 3 is 2.52 bits per heavy atom. The smallest absolute Gasteiger partial charge is 0.193 e. The number of guanidine groups is 1. The second-order valence-corrected chi connectivity index (χ2v) is 5.19. The maximum Gasteiger partial charge on any atom is 0.193 e. The van der Waals surface area contributed by atoms with Gasteiger partial charge in [-0.2, -0.15) is 0 Å². The van der Waals surface area contributed by atoms with Crippen LogP contribution in [0.15, 0.2) is 53.5 Å². The van der Waals surface area contributed by atoms with E-state index in [1.54, 1.807) is 18.2 Å². The van der Waals surface area contributed by atoms with Gasteiger partial charge in [0.15, 0.2) is 5.96 Å². The van der Waals surface area contributed by atoms with E-state index in [1.807, 2.05) is 44.2 Å². The molecule has 0 spiro atoms. The number of phenolic OH excluding ortho intramolecular Hbond substituents is 1. The maximum absolute atomic E-state index is 9.39. The van der Waals surface area contributed by atoms with Crippen molar-refractivity contribution in [2.75, 3.05) is 5.32 Å². The molecule has 0 heterocycles. The minimum Gasteiger partial charge on any atom is -0.508 e. The van der Waals surface area contributed by atoms with Crippen LogP contribution in [0.3, 0.4) is 0 Å². The Morgan fingerprint density at radius 1 is 1.22 bits per heavy atom. The molecule has 0 radical (unpaired) electrons. The van der Waals surface area contributed by atoms with Gasteiger partial charge in [-0.25, -0.2) is 4.99 Å². The summed E-state index contributed by atoms with van der Waals surface area (Å²) in [7, 11) is 0. The van der Waals surface area contributed by atoms with Gasteiger partial charge in [0.05, 0.1) is 12.6 Å². The first-order valence-electron chi connectivity index (χ1n) is 7.14. The van der Waals surface area contributed by atoms with Crippen molar-refractivity contribution in [3.05, 3.63) is 54.1 Å². The number of anilines is 1. The first-order chi connectivity index (χ1) is 10.5. The van der Waals surface area contributed by atoms with Crippen LogP contribution in [-0.2, 0) is 6.54 Å². The van der Waals surface area contributed by atoms with Crippen LogP contribution >= 0.6 is 24.0 Å². The van der Waals surface area contributed by atoms with Crippen LogP contribution in [0.2, 0.25) is 0 Å². The minimum absolute atomic E-state index is 0. The SMILES string of the molecule is CC(C)Oc1ccc(NC(N)=NCc2cccc(O)c2)cc1.I. The third kappa shape index (κ3) is 6.77. The highest BCUT2D eigenvalue weighted by Gasteiger charge is 1.99. The molecule has 0 bridgehead atoms. The molecule has 0 amide bonds. The van der Waals surface area contributed by atoms with Crippen LogP contribution in [0.1, 0.15) is 19.4 Å². The van der Waals surface area contributed by atoms with Crippen molar-refractivity contribution in [1.82, 2.24) is 0 Å². The lowest BCUT2D eigenvalue weighted by Gasteiger charge is -2.11. The standard InChI is InChI=1S/C17H21N3O2.HI/c1-12(2)22-16-8-6-14(7-9-16)20-17(18)19-11-13-4-3-5-15(21)10-13;/h3-10,12,21H,11H2,1-2H3,(H3,18,19,20);1H. The molecule has 0 aliphatic carbocycles. The first-order valence-corrected chi connectivity index (χ1v) is 7.14. The third-order valence-electron chi connectivity index (χ3n) is 2.84. The van der Waals surface area contributed by atoms with Gasteiger partial charge in [-0.05, 0) is 55.8 Å². The average Bonchev–Trinajstić information content (AvgIpc) is 2.47. The summed E-state index contributed by atoms with van der Waals surface area (Å²) >= 11 is 0. The fraction of sp³-hybridized carbons (Fsp3) is 0.235. The van der Waals surface area contributed by atoms with Gasteiger partial charge in [0.2, 0.25) is 0 Å². The Balaban J connectivity index is 0.00000264. The van der Waals surface area contributed by atoms with E-state index in [1.165, 1.54) is 0 Å². The second kappa shape index (κ2) is 9.24. The molecule has 124 valence electrons. The molecule has 2 aromatic rings. The highest BCUT2D eigenvalue weighted by molar-refractivity contribution is 14.0. The van der Waals surface area contributed by atoms with E-state index >= 15 is 0 Å². The summed E-state index contributed by atoms with van der Waals surface area (Å²) in [6.45, 7) is 4.37. The van der Waals surface area contributed by atoms with Gasteiger partial charge in [-0.15, -0.1) is 24.0 Å². The van der Waals surface area contributed by atoms with Gasteiger partial charge in [0.1, 0.15) is 11.5 Å². The quantitative estimate of drug-likeness (QED) is 0.386. The zero-order valence-electron chi connectivity index (χ0n) is 13.2. The Morgan fingerprint density at radius 2 is 1.91 bits per heavy atom. The number of nitrogens with two attached hydrogens (primary N) is 1. The van der Waals surface area contributed by atoms with Crippen molar-refractivity contribution < 1.29 is 9.84 Å². The largest absolute Gasteiger partial charge is 0.508 e. The summed E-state index contributed by atoms with van der Waals surface area (Å²) < 4.78 is 5.58. The van der Waals surface area contributed by atoms with Crippen molar-refractivity contribution in [3.8, 4) is 11.5 Å². The summed E-state index contributed by atoms with van der Waals surface area (Å²) in [5.74, 6) is 1.36. The van der Waals surface area contributed by atoms with E-state index in [0.29, 0.717) is 12.5 Å². The zero-order valence-corrected chi connectivity index (χ0v) is 15.5. The number of nitrogens with zero attached hydrogens (tertiary/aromatic N) is 1. The van der Waals surface area contributed by atoms with E-state index in [2.05, 4.69) is 10.3 Å². The van der Waals surface area contributed by atoms with E-state index < -0.39 is 0 Å². The van der Waals surface area contributed by atoms with Crippen molar-refractivity contribution >= 4 is 35.6 Å². The van der Waals surface area contributed by atoms with Crippen LogP contribution in [0.5, 0.6) is 11.5 Å². The second-order valence-electron chi connectivity index (χ2n) is 5.19. The molecule has 0 aliphatic rings. The zero-order chi connectivity index (χ0) is 15.9. The number of aromatic hydroxyl groups is 1. The van der Waals surface area contributed by atoms with Crippen molar-refractivity contribution in [2.45, 2.75) is 26.5 Å². The Bertz CT molecular complexity index is 643. The molecule has 0 atom stereocenters. The summed E-state index contributed by atoms with van der Waals surface area (Å²) in [6.07, 6.45) is 0.146. The van der Waals surface area contributed by atoms with Crippen LogP contribution in [-0.4, -0.2) is 17.2 Å². The Hall–Kier alpha value is -1.96. The lowest BCUT2D eigenvalue weighted by atomic mass is 10.2. The van der Waals surface area contributed by atoms with E-state index in [9.17, 15) is 5.11 Å². The number of hydrogen-bond donors (Lipinski definition) is 3. The van der Waals surface area contributed by atoms with Crippen molar-refractivity contribution in [1.29, 1.82) is 0 Å². The molecular formula is C17H22IN3O2. The highest BCUT2D eigenvalue weighted by atomic mass is 127. The number of aliphatic imine (C=N–C) groups is 1. The molecule has 0 unspecified atom stereocenters. The van der Waals surface area contributed by atoms with Gasteiger partial charge < -0.3 is 20.9 Å². The van der Waals surface area contributed by atoms with Gasteiger partial charge in [0, 0.05) is 5.69 Å². The van der Waals surface area contributed by atoms with Crippen LogP contribution in [0.25, 0.3) is 0 Å². The van der Waals surface area contributed by atoms with Crippen LogP contribution in [0.4, 0.5) is 5.69 Å². The highest BCUT2D eigenvalue weighted by Crippen LogP contribution is 2.17. The molecule has 4 N–H and O–H groups in total. The predicted octanol–water partition coefficient (Wildman–Crippen LogP) is 3.72. The average molecular weight is 427 g/mol. The number of halogens is 1. The predicted molar refractivity (Wildman–Crippen MR) is 105 cm³/mol. The maximum atomic E-state index is 9.39. The molecule has 2 aromatic carbocycles. The molecule has 0 saturated heterocycles. The van der Waals surface area contributed by atoms with Crippen molar-refractivity contribution in [3.63, 3.8) is 0 Å². The van der Waals surface area contributed by atoms with E-state index in [0.717, 1.165) is 17.0 Å². The molecule has 0 saturated carbocycles. The van der Waals surface area contributed by atoms with Crippen LogP contribution in [0, 0.1) is 0 Å². The molecular weight excluding hydrogens is 405 g/mol. The van der Waals surface area contributed by atoms with Gasteiger partial charge in [-0.1, -0.05) is 12.1 Å². The molecule has 0 aromatic heterocycles. The minimum atomic E-state index is 0. The molecule has 0 aliphatic heterocycles. The summed E-state index contributed by atoms with van der Waals surface area (Å²) in [6, 6.07) is 14.5. The van der Waals surface area contributed by atoms with Gasteiger partial charge >= 0.3 is 0 Å². The van der Waals surface area contributed by atoms with Crippen molar-refractivity contribution in [2.24, 2.45) is 10.7 Å². The third-order valence-corrected chi connectivity index (χ3v) is 2.84. The number of nitrogens with one attached hydrogen (secondary N) is 1. The topological polar surface area (TPSA) is 79.9 Å². The number of hydrogen-bond acceptors (Lipinski definition) is 3. The van der Waals surface area contributed by atoms with E-state index in [4.69, 9.17) is 10.5 Å². The Kier molecular flexibility index (Phi) is 7.67. The van der Waals surface area contributed by atoms with Crippen LogP contribution < -0.4 is 15.8 Å². The number of phenols is 1. The molecule has 23 heavy (non-hydrogen) atoms. The molecule has 0 fully saturated rings. The molecule has 5 nitrogen and oxygen atoms in total. The lowest BCUT2D eigenvalue weighted by Crippen LogP contribution is -2.22. The first kappa shape index (κ1) is 19.1. The molecule has 2 rings (SSSR count). The van der Waals surface area contributed by atoms with Gasteiger partial charge in [-0.3, -0.25) is 0 Å².